The fraction of sp³-hybridized carbons (Fsp3) is 0.800. The highest BCUT2D eigenvalue weighted by atomic mass is 17.2. The lowest BCUT2D eigenvalue weighted by atomic mass is 9.64. The second kappa shape index (κ2) is 5.43. The van der Waals surface area contributed by atoms with E-state index in [-0.39, 0.29) is 6.10 Å². The third kappa shape index (κ3) is 2.94. The third-order valence-electron chi connectivity index (χ3n) is 4.39. The lowest BCUT2D eigenvalue weighted by Crippen LogP contribution is -2.42. The van der Waals surface area contributed by atoms with Gasteiger partial charge in [-0.15, -0.1) is 0 Å². The van der Waals surface area contributed by atoms with Crippen molar-refractivity contribution in [2.24, 2.45) is 23.7 Å². The van der Waals surface area contributed by atoms with Gasteiger partial charge >= 0.3 is 5.97 Å². The molecule has 5 unspecified atom stereocenters. The number of rotatable bonds is 3. The molecule has 0 radical (unpaired) electrons. The highest BCUT2D eigenvalue weighted by molar-refractivity contribution is 5.86. The van der Waals surface area contributed by atoms with Gasteiger partial charge in [0.15, 0.2) is 0 Å². The molecule has 2 bridgehead atoms. The van der Waals surface area contributed by atoms with Crippen LogP contribution < -0.4 is 0 Å². The second-order valence-electron chi connectivity index (χ2n) is 6.36. The van der Waals surface area contributed by atoms with E-state index in [0.29, 0.717) is 17.4 Å². The summed E-state index contributed by atoms with van der Waals surface area (Å²) in [6.07, 6.45) is 5.02. The minimum absolute atomic E-state index is 0.0623. The lowest BCUT2D eigenvalue weighted by Gasteiger charge is -2.44. The van der Waals surface area contributed by atoms with Gasteiger partial charge in [0.1, 0.15) is 6.10 Å². The highest BCUT2D eigenvalue weighted by Crippen LogP contribution is 2.45. The van der Waals surface area contributed by atoms with Crippen LogP contribution in [0.25, 0.3) is 0 Å². The van der Waals surface area contributed by atoms with E-state index in [2.05, 4.69) is 20.4 Å². The summed E-state index contributed by atoms with van der Waals surface area (Å²) in [4.78, 5) is 21.7. The van der Waals surface area contributed by atoms with E-state index in [1.165, 1.54) is 25.7 Å². The van der Waals surface area contributed by atoms with Gasteiger partial charge in [0.25, 0.3) is 0 Å². The molecule has 0 aliphatic heterocycles. The van der Waals surface area contributed by atoms with Crippen LogP contribution in [0.3, 0.4) is 0 Å². The summed E-state index contributed by atoms with van der Waals surface area (Å²) >= 11 is 0. The molecule has 5 atom stereocenters. The first-order valence-corrected chi connectivity index (χ1v) is 7.00. The Kier molecular flexibility index (Phi) is 4.10. The molecule has 102 valence electrons. The molecular formula is C15H24O3. The maximum Gasteiger partial charge on any atom is 0.368 e. The van der Waals surface area contributed by atoms with Gasteiger partial charge in [-0.05, 0) is 56.3 Å². The highest BCUT2D eigenvalue weighted by Gasteiger charge is 2.41. The molecule has 0 aromatic rings. The Bertz CT molecular complexity index is 333. The Hall–Kier alpha value is -0.830. The number of fused-ring (bicyclic) bond motifs is 2. The molecule has 3 heteroatoms. The van der Waals surface area contributed by atoms with Gasteiger partial charge in [-0.2, -0.15) is 4.89 Å². The normalized spacial score (nSPS) is 39.2. The summed E-state index contributed by atoms with van der Waals surface area (Å²) in [6, 6.07) is 0. The Labute approximate surface area is 109 Å². The molecule has 0 spiro atoms. The summed E-state index contributed by atoms with van der Waals surface area (Å²) in [5, 5.41) is 0. The van der Waals surface area contributed by atoms with E-state index in [1.807, 2.05) is 0 Å². The maximum atomic E-state index is 11.4. The van der Waals surface area contributed by atoms with E-state index in [1.54, 1.807) is 6.92 Å². The van der Waals surface area contributed by atoms with Gasteiger partial charge in [-0.25, -0.2) is 4.79 Å². The zero-order valence-electron chi connectivity index (χ0n) is 11.6. The van der Waals surface area contributed by atoms with Crippen molar-refractivity contribution in [2.45, 2.75) is 52.6 Å². The number of carbonyl (C=O) groups is 1. The van der Waals surface area contributed by atoms with Gasteiger partial charge in [-0.3, -0.25) is 4.89 Å². The fourth-order valence-electron chi connectivity index (χ4n) is 3.73. The number of hydrogen-bond donors (Lipinski definition) is 0. The van der Waals surface area contributed by atoms with Crippen LogP contribution in [-0.4, -0.2) is 12.1 Å². The molecule has 2 fully saturated rings. The smallest absolute Gasteiger partial charge is 0.293 e. The standard InChI is InChI=1S/C15H24O3/c1-9(2)15(16)18-17-14-11(4)7-12-5-10(3)6-13(14)8-12/h10-14H,1,5-8H2,2-4H3. The lowest BCUT2D eigenvalue weighted by molar-refractivity contribution is -0.320. The van der Waals surface area contributed by atoms with Gasteiger partial charge in [0, 0.05) is 5.57 Å². The van der Waals surface area contributed by atoms with Crippen molar-refractivity contribution >= 4 is 5.97 Å². The summed E-state index contributed by atoms with van der Waals surface area (Å²) in [6.45, 7) is 9.71. The first-order chi connectivity index (χ1) is 8.47. The Morgan fingerprint density at radius 2 is 1.89 bits per heavy atom. The molecule has 2 aliphatic rings. The molecule has 2 aliphatic carbocycles. The minimum Gasteiger partial charge on any atom is -0.293 e. The van der Waals surface area contributed by atoms with Crippen LogP contribution in [0.15, 0.2) is 12.2 Å². The van der Waals surface area contributed by atoms with Crippen LogP contribution in [0.5, 0.6) is 0 Å². The molecular weight excluding hydrogens is 228 g/mol. The maximum absolute atomic E-state index is 11.4. The molecule has 3 nitrogen and oxygen atoms in total. The number of hydrogen-bond acceptors (Lipinski definition) is 3. The van der Waals surface area contributed by atoms with E-state index in [0.717, 1.165) is 11.8 Å². The molecule has 2 saturated carbocycles. The monoisotopic (exact) mass is 252 g/mol. The molecule has 0 N–H and O–H groups in total. The number of carbonyl (C=O) groups excluding carboxylic acids is 1. The zero-order valence-corrected chi connectivity index (χ0v) is 11.6. The van der Waals surface area contributed by atoms with Gasteiger partial charge in [-0.1, -0.05) is 20.4 Å². The Morgan fingerprint density at radius 1 is 1.17 bits per heavy atom. The fourth-order valence-corrected chi connectivity index (χ4v) is 3.73. The molecule has 0 heterocycles. The molecule has 0 aromatic carbocycles. The molecule has 0 aromatic heterocycles. The van der Waals surface area contributed by atoms with Crippen LogP contribution in [-0.2, 0) is 14.6 Å². The van der Waals surface area contributed by atoms with Gasteiger partial charge in [0.2, 0.25) is 0 Å². The molecule has 2 rings (SSSR count). The van der Waals surface area contributed by atoms with Crippen LogP contribution in [0.2, 0.25) is 0 Å². The summed E-state index contributed by atoms with van der Waals surface area (Å²) in [7, 11) is 0. The average molecular weight is 252 g/mol. The summed E-state index contributed by atoms with van der Waals surface area (Å²) in [5.41, 5.74) is 0.383. The van der Waals surface area contributed by atoms with Crippen molar-refractivity contribution in [3.63, 3.8) is 0 Å². The van der Waals surface area contributed by atoms with Crippen LogP contribution in [0, 0.1) is 23.7 Å². The van der Waals surface area contributed by atoms with Crippen LogP contribution in [0.1, 0.15) is 46.5 Å². The quantitative estimate of drug-likeness (QED) is 0.438. The van der Waals surface area contributed by atoms with E-state index in [4.69, 9.17) is 9.78 Å². The van der Waals surface area contributed by atoms with E-state index in [9.17, 15) is 4.79 Å². The topological polar surface area (TPSA) is 35.5 Å². The first kappa shape index (κ1) is 13.6. The average Bonchev–Trinajstić information content (AvgIpc) is 2.26. The second-order valence-corrected chi connectivity index (χ2v) is 6.36. The van der Waals surface area contributed by atoms with Gasteiger partial charge < -0.3 is 0 Å². The van der Waals surface area contributed by atoms with Crippen LogP contribution >= 0.6 is 0 Å². The zero-order chi connectivity index (χ0) is 13.3. The molecule has 18 heavy (non-hydrogen) atoms. The summed E-state index contributed by atoms with van der Waals surface area (Å²) in [5.74, 6) is 2.17. The SMILES string of the molecule is C=C(C)C(=O)OOC1C(C)CC2CC(C)CC1C2. The van der Waals surface area contributed by atoms with E-state index < -0.39 is 5.97 Å². The third-order valence-corrected chi connectivity index (χ3v) is 4.39. The predicted molar refractivity (Wildman–Crippen MR) is 69.6 cm³/mol. The molecule has 0 saturated heterocycles. The van der Waals surface area contributed by atoms with Crippen molar-refractivity contribution in [2.75, 3.05) is 0 Å². The van der Waals surface area contributed by atoms with Crippen molar-refractivity contribution in [1.82, 2.24) is 0 Å². The van der Waals surface area contributed by atoms with Crippen molar-refractivity contribution in [3.05, 3.63) is 12.2 Å². The first-order valence-electron chi connectivity index (χ1n) is 7.00. The Balaban J connectivity index is 1.94. The largest absolute Gasteiger partial charge is 0.368 e. The molecule has 0 amide bonds. The van der Waals surface area contributed by atoms with Crippen molar-refractivity contribution < 1.29 is 14.6 Å². The van der Waals surface area contributed by atoms with Gasteiger partial charge in [0.05, 0.1) is 0 Å². The summed E-state index contributed by atoms with van der Waals surface area (Å²) < 4.78 is 0. The minimum atomic E-state index is -0.451. The van der Waals surface area contributed by atoms with Crippen LogP contribution in [0.4, 0.5) is 0 Å². The Morgan fingerprint density at radius 3 is 2.56 bits per heavy atom. The predicted octanol–water partition coefficient (Wildman–Crippen LogP) is 3.50. The van der Waals surface area contributed by atoms with E-state index >= 15 is 0 Å². The van der Waals surface area contributed by atoms with Crippen molar-refractivity contribution in [3.8, 4) is 0 Å². The van der Waals surface area contributed by atoms with Crippen molar-refractivity contribution in [1.29, 1.82) is 0 Å².